The molecule has 0 aliphatic carbocycles. The van der Waals surface area contributed by atoms with Gasteiger partial charge in [-0.1, -0.05) is 32.6 Å². The van der Waals surface area contributed by atoms with Gasteiger partial charge in [0.2, 0.25) is 0 Å². The first-order valence-electron chi connectivity index (χ1n) is 6.83. The van der Waals surface area contributed by atoms with E-state index in [0.29, 0.717) is 6.10 Å². The third-order valence-corrected chi connectivity index (χ3v) is 3.16. The minimum atomic E-state index is 0.398. The van der Waals surface area contributed by atoms with Gasteiger partial charge in [0.05, 0.1) is 12.7 Å². The summed E-state index contributed by atoms with van der Waals surface area (Å²) in [7, 11) is 2.21. The van der Waals surface area contributed by atoms with Crippen molar-refractivity contribution in [2.45, 2.75) is 45.1 Å². The Balaban J connectivity index is 1.95. The summed E-state index contributed by atoms with van der Waals surface area (Å²) < 4.78 is 5.69. The maximum absolute atomic E-state index is 5.69. The number of hydrogen-bond donors (Lipinski definition) is 1. The summed E-state index contributed by atoms with van der Waals surface area (Å²) in [6, 6.07) is 0. The van der Waals surface area contributed by atoms with Crippen molar-refractivity contribution in [2.24, 2.45) is 0 Å². The van der Waals surface area contributed by atoms with Crippen LogP contribution in [0.4, 0.5) is 0 Å². The van der Waals surface area contributed by atoms with Gasteiger partial charge >= 0.3 is 0 Å². The lowest BCUT2D eigenvalue weighted by Crippen LogP contribution is -2.44. The largest absolute Gasteiger partial charge is 0.374 e. The van der Waals surface area contributed by atoms with Crippen molar-refractivity contribution in [1.29, 1.82) is 0 Å². The van der Waals surface area contributed by atoms with Crippen LogP contribution in [0.25, 0.3) is 0 Å². The molecule has 0 aromatic heterocycles. The molecule has 3 heteroatoms. The fourth-order valence-corrected chi connectivity index (χ4v) is 2.16. The fourth-order valence-electron chi connectivity index (χ4n) is 2.16. The molecule has 0 spiro atoms. The second-order valence-corrected chi connectivity index (χ2v) is 4.87. The van der Waals surface area contributed by atoms with Crippen molar-refractivity contribution in [2.75, 3.05) is 39.8 Å². The second-order valence-electron chi connectivity index (χ2n) is 4.87. The van der Waals surface area contributed by atoms with Gasteiger partial charge in [0, 0.05) is 19.6 Å². The molecule has 1 atom stereocenters. The minimum Gasteiger partial charge on any atom is -0.374 e. The number of nitrogens with zero attached hydrogens (tertiary/aromatic N) is 1. The molecule has 1 saturated heterocycles. The van der Waals surface area contributed by atoms with Gasteiger partial charge in [0.25, 0.3) is 0 Å². The minimum absolute atomic E-state index is 0.398. The van der Waals surface area contributed by atoms with Crippen molar-refractivity contribution in [3.8, 4) is 0 Å². The van der Waals surface area contributed by atoms with Crippen LogP contribution in [0.15, 0.2) is 0 Å². The van der Waals surface area contributed by atoms with E-state index in [4.69, 9.17) is 4.74 Å². The number of likely N-dealkylation sites (N-methyl/N-ethyl adjacent to an activating group) is 1. The number of rotatable bonds is 8. The standard InChI is InChI=1S/C13H28N2O/c1-3-4-5-6-7-9-15(2)12-13-11-14-8-10-16-13/h13-14H,3-12H2,1-2H3. The first-order chi connectivity index (χ1) is 7.83. The molecule has 0 aromatic rings. The van der Waals surface area contributed by atoms with Gasteiger partial charge in [0.15, 0.2) is 0 Å². The van der Waals surface area contributed by atoms with Crippen molar-refractivity contribution >= 4 is 0 Å². The predicted octanol–water partition coefficient (Wildman–Crippen LogP) is 1.88. The van der Waals surface area contributed by atoms with E-state index in [1.807, 2.05) is 0 Å². The molecule has 96 valence electrons. The molecular weight excluding hydrogens is 200 g/mol. The van der Waals surface area contributed by atoms with Crippen LogP contribution in [0.3, 0.4) is 0 Å². The molecule has 0 bridgehead atoms. The van der Waals surface area contributed by atoms with Crippen LogP contribution in [-0.2, 0) is 4.74 Å². The Kier molecular flexibility index (Phi) is 7.81. The van der Waals surface area contributed by atoms with Crippen molar-refractivity contribution in [3.05, 3.63) is 0 Å². The topological polar surface area (TPSA) is 24.5 Å². The molecule has 1 heterocycles. The van der Waals surface area contributed by atoms with E-state index in [0.717, 1.165) is 26.2 Å². The van der Waals surface area contributed by atoms with Gasteiger partial charge in [-0.3, -0.25) is 0 Å². The summed E-state index contributed by atoms with van der Waals surface area (Å²) in [6.07, 6.45) is 7.22. The van der Waals surface area contributed by atoms with E-state index < -0.39 is 0 Å². The first kappa shape index (κ1) is 13.9. The van der Waals surface area contributed by atoms with Crippen LogP contribution < -0.4 is 5.32 Å². The van der Waals surface area contributed by atoms with E-state index >= 15 is 0 Å². The molecule has 0 saturated carbocycles. The molecule has 1 aliphatic heterocycles. The third-order valence-electron chi connectivity index (χ3n) is 3.16. The zero-order chi connectivity index (χ0) is 11.6. The van der Waals surface area contributed by atoms with Gasteiger partial charge in [-0.15, -0.1) is 0 Å². The highest BCUT2D eigenvalue weighted by Crippen LogP contribution is 2.04. The Morgan fingerprint density at radius 1 is 1.25 bits per heavy atom. The predicted molar refractivity (Wildman–Crippen MR) is 68.9 cm³/mol. The Morgan fingerprint density at radius 3 is 2.75 bits per heavy atom. The Morgan fingerprint density at radius 2 is 2.06 bits per heavy atom. The summed E-state index contributed by atoms with van der Waals surface area (Å²) in [4.78, 5) is 2.41. The SMILES string of the molecule is CCCCCCCN(C)CC1CNCCO1. The number of unbranched alkanes of at least 4 members (excludes halogenated alkanes) is 4. The lowest BCUT2D eigenvalue weighted by molar-refractivity contribution is 0.00987. The highest BCUT2D eigenvalue weighted by molar-refractivity contribution is 4.70. The van der Waals surface area contributed by atoms with Crippen LogP contribution in [0.5, 0.6) is 0 Å². The van der Waals surface area contributed by atoms with E-state index in [1.54, 1.807) is 0 Å². The van der Waals surface area contributed by atoms with E-state index in [1.165, 1.54) is 38.6 Å². The quantitative estimate of drug-likeness (QED) is 0.642. The molecule has 1 rings (SSSR count). The highest BCUT2D eigenvalue weighted by atomic mass is 16.5. The van der Waals surface area contributed by atoms with Crippen molar-refractivity contribution in [1.82, 2.24) is 10.2 Å². The second kappa shape index (κ2) is 8.97. The van der Waals surface area contributed by atoms with Crippen LogP contribution in [0.1, 0.15) is 39.0 Å². The molecule has 1 fully saturated rings. The normalized spacial score (nSPS) is 21.6. The molecule has 1 unspecified atom stereocenters. The first-order valence-corrected chi connectivity index (χ1v) is 6.83. The average Bonchev–Trinajstić information content (AvgIpc) is 2.30. The molecule has 1 N–H and O–H groups in total. The summed E-state index contributed by atoms with van der Waals surface area (Å²) in [6.45, 7) is 7.44. The summed E-state index contributed by atoms with van der Waals surface area (Å²) in [5.41, 5.74) is 0. The monoisotopic (exact) mass is 228 g/mol. The van der Waals surface area contributed by atoms with Gasteiger partial charge in [-0.2, -0.15) is 0 Å². The zero-order valence-corrected chi connectivity index (χ0v) is 11.0. The summed E-state index contributed by atoms with van der Waals surface area (Å²) >= 11 is 0. The molecule has 0 amide bonds. The average molecular weight is 228 g/mol. The molecular formula is C13H28N2O. The van der Waals surface area contributed by atoms with Gasteiger partial charge in [-0.25, -0.2) is 0 Å². The highest BCUT2D eigenvalue weighted by Gasteiger charge is 2.14. The third kappa shape index (κ3) is 6.46. The van der Waals surface area contributed by atoms with Crippen LogP contribution in [0.2, 0.25) is 0 Å². The molecule has 16 heavy (non-hydrogen) atoms. The maximum atomic E-state index is 5.69. The maximum Gasteiger partial charge on any atom is 0.0826 e. The Hall–Kier alpha value is -0.120. The van der Waals surface area contributed by atoms with Crippen LogP contribution in [0, 0.1) is 0 Å². The lowest BCUT2D eigenvalue weighted by atomic mass is 10.1. The van der Waals surface area contributed by atoms with Crippen molar-refractivity contribution in [3.63, 3.8) is 0 Å². The van der Waals surface area contributed by atoms with Gasteiger partial charge < -0.3 is 15.0 Å². The fraction of sp³-hybridized carbons (Fsp3) is 1.00. The smallest absolute Gasteiger partial charge is 0.0826 e. The zero-order valence-electron chi connectivity index (χ0n) is 11.0. The van der Waals surface area contributed by atoms with E-state index in [-0.39, 0.29) is 0 Å². The van der Waals surface area contributed by atoms with Crippen LogP contribution >= 0.6 is 0 Å². The Labute approximate surface area is 101 Å². The summed E-state index contributed by atoms with van der Waals surface area (Å²) in [5.74, 6) is 0. The number of morpholine rings is 1. The summed E-state index contributed by atoms with van der Waals surface area (Å²) in [5, 5.41) is 3.37. The molecule has 1 aliphatic rings. The van der Waals surface area contributed by atoms with Crippen LogP contribution in [-0.4, -0.2) is 50.8 Å². The molecule has 0 aromatic carbocycles. The van der Waals surface area contributed by atoms with E-state index in [9.17, 15) is 0 Å². The molecule has 0 radical (unpaired) electrons. The van der Waals surface area contributed by atoms with Gasteiger partial charge in [0.1, 0.15) is 0 Å². The molecule has 3 nitrogen and oxygen atoms in total. The Bertz CT molecular complexity index is 158. The van der Waals surface area contributed by atoms with Crippen molar-refractivity contribution < 1.29 is 4.74 Å². The number of hydrogen-bond acceptors (Lipinski definition) is 3. The number of ether oxygens (including phenoxy) is 1. The number of nitrogens with one attached hydrogen (secondary N) is 1. The van der Waals surface area contributed by atoms with Gasteiger partial charge in [-0.05, 0) is 20.0 Å². The lowest BCUT2D eigenvalue weighted by Gasteiger charge is -2.28. The van der Waals surface area contributed by atoms with E-state index in [2.05, 4.69) is 24.2 Å².